The number of carbonyl (C=O) groups is 2. The minimum atomic E-state index is -1.67. The molecule has 2 unspecified atom stereocenters. The molecular weight excluding hydrogens is 346 g/mol. The highest BCUT2D eigenvalue weighted by Crippen LogP contribution is 2.33. The van der Waals surface area contributed by atoms with Gasteiger partial charge in [0.15, 0.2) is 0 Å². The lowest BCUT2D eigenvalue weighted by Gasteiger charge is -2.32. The van der Waals surface area contributed by atoms with Crippen LogP contribution in [0, 0.1) is 5.92 Å². The van der Waals surface area contributed by atoms with Gasteiger partial charge < -0.3 is 14.6 Å². The average molecular weight is 371 g/mol. The molecule has 2 aliphatic carbocycles. The zero-order chi connectivity index (χ0) is 18.8. The van der Waals surface area contributed by atoms with E-state index in [1.165, 1.54) is 18.4 Å². The van der Waals surface area contributed by atoms with Crippen molar-refractivity contribution in [1.82, 2.24) is 4.31 Å². The average Bonchev–Trinajstić information content (AvgIpc) is 3.27. The van der Waals surface area contributed by atoms with Gasteiger partial charge in [0, 0.05) is 18.2 Å². The highest BCUT2D eigenvalue weighted by atomic mass is 32.2. The van der Waals surface area contributed by atoms with Crippen molar-refractivity contribution in [2.75, 3.05) is 12.9 Å². The van der Waals surface area contributed by atoms with Gasteiger partial charge in [-0.05, 0) is 51.7 Å². The SMILES string of the molecule is CS(=O)N(C(=O)OC(C)(C)C)C1=CC=C(C(=O)O)CC1OCC1CC1. The summed E-state index contributed by atoms with van der Waals surface area (Å²) in [7, 11) is -1.67. The monoisotopic (exact) mass is 371 g/mol. The Balaban J connectivity index is 2.27. The van der Waals surface area contributed by atoms with Crippen molar-refractivity contribution in [2.24, 2.45) is 5.92 Å². The molecule has 1 amide bonds. The number of carboxylic acids is 1. The van der Waals surface area contributed by atoms with Crippen LogP contribution >= 0.6 is 0 Å². The van der Waals surface area contributed by atoms with Gasteiger partial charge in [0.05, 0.1) is 12.3 Å². The minimum absolute atomic E-state index is 0.115. The molecule has 8 heteroatoms. The van der Waals surface area contributed by atoms with E-state index in [0.29, 0.717) is 18.2 Å². The number of ether oxygens (including phenoxy) is 2. The van der Waals surface area contributed by atoms with E-state index in [1.807, 2.05) is 0 Å². The quantitative estimate of drug-likeness (QED) is 0.771. The van der Waals surface area contributed by atoms with Gasteiger partial charge in [-0.15, -0.1) is 0 Å². The van der Waals surface area contributed by atoms with E-state index in [2.05, 4.69) is 0 Å². The molecule has 1 N–H and O–H groups in total. The van der Waals surface area contributed by atoms with Crippen LogP contribution in [0.5, 0.6) is 0 Å². The highest BCUT2D eigenvalue weighted by molar-refractivity contribution is 7.82. The summed E-state index contributed by atoms with van der Waals surface area (Å²) in [4.78, 5) is 23.8. The zero-order valence-electron chi connectivity index (χ0n) is 15.0. The van der Waals surface area contributed by atoms with E-state index in [4.69, 9.17) is 9.47 Å². The topological polar surface area (TPSA) is 93.1 Å². The number of hydrogen-bond donors (Lipinski definition) is 1. The van der Waals surface area contributed by atoms with Crippen LogP contribution in [-0.2, 0) is 25.3 Å². The molecule has 0 aromatic rings. The lowest BCUT2D eigenvalue weighted by atomic mass is 9.99. The van der Waals surface area contributed by atoms with Gasteiger partial charge in [-0.3, -0.25) is 0 Å². The van der Waals surface area contributed by atoms with Crippen LogP contribution in [0.1, 0.15) is 40.0 Å². The Hall–Kier alpha value is -1.67. The molecule has 1 saturated carbocycles. The number of aliphatic carboxylic acids is 1. The van der Waals surface area contributed by atoms with Gasteiger partial charge in [0.2, 0.25) is 0 Å². The minimum Gasteiger partial charge on any atom is -0.478 e. The second-order valence-electron chi connectivity index (χ2n) is 7.26. The first-order valence-electron chi connectivity index (χ1n) is 8.21. The highest BCUT2D eigenvalue weighted by Gasteiger charge is 2.35. The number of nitrogens with zero attached hydrogens (tertiary/aromatic N) is 1. The van der Waals surface area contributed by atoms with E-state index in [0.717, 1.165) is 17.1 Å². The maximum absolute atomic E-state index is 12.5. The molecule has 0 heterocycles. The Labute approximate surface area is 150 Å². The smallest absolute Gasteiger partial charge is 0.426 e. The van der Waals surface area contributed by atoms with Gasteiger partial charge in [-0.2, -0.15) is 4.31 Å². The van der Waals surface area contributed by atoms with Crippen molar-refractivity contribution in [3.05, 3.63) is 23.4 Å². The second-order valence-corrected chi connectivity index (χ2v) is 8.47. The van der Waals surface area contributed by atoms with E-state index >= 15 is 0 Å². The Kier molecular flexibility index (Phi) is 6.05. The van der Waals surface area contributed by atoms with Crippen LogP contribution in [0.15, 0.2) is 23.4 Å². The fourth-order valence-electron chi connectivity index (χ4n) is 2.37. The summed E-state index contributed by atoms with van der Waals surface area (Å²) in [5, 5.41) is 9.22. The number of allylic oxidation sites excluding steroid dienone is 2. The van der Waals surface area contributed by atoms with Crippen molar-refractivity contribution in [3.63, 3.8) is 0 Å². The molecule has 0 radical (unpaired) electrons. The maximum atomic E-state index is 12.5. The number of carbonyl (C=O) groups excluding carboxylic acids is 1. The summed E-state index contributed by atoms with van der Waals surface area (Å²) >= 11 is 0. The number of amides is 1. The molecule has 25 heavy (non-hydrogen) atoms. The summed E-state index contributed by atoms with van der Waals surface area (Å²) in [5.41, 5.74) is -0.188. The van der Waals surface area contributed by atoms with Crippen molar-refractivity contribution in [1.29, 1.82) is 0 Å². The Morgan fingerprint density at radius 2 is 1.96 bits per heavy atom. The maximum Gasteiger partial charge on any atom is 0.426 e. The molecule has 2 aliphatic rings. The fraction of sp³-hybridized carbons (Fsp3) is 0.647. The number of rotatable bonds is 6. The van der Waals surface area contributed by atoms with E-state index in [9.17, 15) is 18.9 Å². The first-order valence-corrected chi connectivity index (χ1v) is 9.72. The van der Waals surface area contributed by atoms with Crippen LogP contribution in [0.25, 0.3) is 0 Å². The van der Waals surface area contributed by atoms with Gasteiger partial charge in [0.1, 0.15) is 22.7 Å². The molecule has 7 nitrogen and oxygen atoms in total. The molecule has 2 rings (SSSR count). The van der Waals surface area contributed by atoms with Gasteiger partial charge >= 0.3 is 12.1 Å². The van der Waals surface area contributed by atoms with Gasteiger partial charge in [-0.25, -0.2) is 13.8 Å². The van der Waals surface area contributed by atoms with Gasteiger partial charge in [-0.1, -0.05) is 0 Å². The van der Waals surface area contributed by atoms with Crippen LogP contribution in [0.4, 0.5) is 4.79 Å². The zero-order valence-corrected chi connectivity index (χ0v) is 15.8. The molecule has 1 fully saturated rings. The summed E-state index contributed by atoms with van der Waals surface area (Å²) in [6, 6.07) is 0. The molecule has 140 valence electrons. The molecule has 0 spiro atoms. The summed E-state index contributed by atoms with van der Waals surface area (Å²) in [6.07, 6.45) is 5.17. The Morgan fingerprint density at radius 3 is 2.44 bits per heavy atom. The molecule has 0 bridgehead atoms. The van der Waals surface area contributed by atoms with E-state index < -0.39 is 34.8 Å². The number of hydrogen-bond acceptors (Lipinski definition) is 5. The summed E-state index contributed by atoms with van der Waals surface area (Å²) in [5.74, 6) is -0.556. The standard InChI is InChI=1S/C17H25NO6S/c1-17(2,3)24-16(21)18(25(4)22)13-8-7-12(15(19)20)9-14(13)23-10-11-5-6-11/h7-8,11,14H,5-6,9-10H2,1-4H3,(H,19,20). The molecular formula is C17H25NO6S. The van der Waals surface area contributed by atoms with Crippen LogP contribution < -0.4 is 0 Å². The third-order valence-corrected chi connectivity index (χ3v) is 4.62. The van der Waals surface area contributed by atoms with E-state index in [1.54, 1.807) is 20.8 Å². The van der Waals surface area contributed by atoms with Crippen molar-refractivity contribution >= 4 is 23.0 Å². The predicted octanol–water partition coefficient (Wildman–Crippen LogP) is 2.61. The largest absolute Gasteiger partial charge is 0.478 e. The molecule has 0 aliphatic heterocycles. The van der Waals surface area contributed by atoms with E-state index in [-0.39, 0.29) is 12.0 Å². The lowest BCUT2D eigenvalue weighted by molar-refractivity contribution is -0.133. The summed E-state index contributed by atoms with van der Waals surface area (Å²) in [6.45, 7) is 5.66. The third-order valence-electron chi connectivity index (χ3n) is 3.75. The first kappa shape index (κ1) is 19.7. The van der Waals surface area contributed by atoms with Crippen molar-refractivity contribution in [2.45, 2.75) is 51.7 Å². The normalized spacial score (nSPS) is 21.8. The summed E-state index contributed by atoms with van der Waals surface area (Å²) < 4.78 is 24.4. The first-order chi connectivity index (χ1) is 11.6. The molecule has 2 atom stereocenters. The second kappa shape index (κ2) is 7.70. The molecule has 0 aromatic heterocycles. The molecule has 0 aromatic carbocycles. The van der Waals surface area contributed by atoms with Gasteiger partial charge in [0.25, 0.3) is 0 Å². The predicted molar refractivity (Wildman–Crippen MR) is 93.0 cm³/mol. The Morgan fingerprint density at radius 1 is 1.32 bits per heavy atom. The lowest BCUT2D eigenvalue weighted by Crippen LogP contribution is -2.42. The molecule has 0 saturated heterocycles. The van der Waals surface area contributed by atoms with Crippen LogP contribution in [0.3, 0.4) is 0 Å². The Bertz CT molecular complexity index is 630. The van der Waals surface area contributed by atoms with Crippen molar-refractivity contribution in [3.8, 4) is 0 Å². The third kappa shape index (κ3) is 5.67. The van der Waals surface area contributed by atoms with Crippen LogP contribution in [0.2, 0.25) is 0 Å². The van der Waals surface area contributed by atoms with Crippen LogP contribution in [-0.4, -0.2) is 50.3 Å². The fourth-order valence-corrected chi connectivity index (χ4v) is 3.09. The number of carboxylic acid groups (broad SMARTS) is 1. The van der Waals surface area contributed by atoms with Crippen molar-refractivity contribution < 1.29 is 28.4 Å².